The quantitative estimate of drug-likeness (QED) is 0.922. The fourth-order valence-corrected chi connectivity index (χ4v) is 1.66. The Kier molecular flexibility index (Phi) is 3.84. The molecule has 0 unspecified atom stereocenters. The molecule has 0 saturated carbocycles. The molecule has 0 radical (unpaired) electrons. The summed E-state index contributed by atoms with van der Waals surface area (Å²) in [6.45, 7) is 4.10. The van der Waals surface area contributed by atoms with E-state index in [2.05, 4.69) is 10.2 Å². The van der Waals surface area contributed by atoms with Crippen molar-refractivity contribution in [2.45, 2.75) is 26.5 Å². The van der Waals surface area contributed by atoms with Crippen LogP contribution >= 0.6 is 11.6 Å². The number of halogens is 1. The lowest BCUT2D eigenvalue weighted by molar-refractivity contribution is 0.242. The first-order valence-corrected chi connectivity index (χ1v) is 5.97. The lowest BCUT2D eigenvalue weighted by atomic mass is 10.2. The third-order valence-electron chi connectivity index (χ3n) is 2.18. The lowest BCUT2D eigenvalue weighted by Crippen LogP contribution is -2.05. The van der Waals surface area contributed by atoms with E-state index in [9.17, 15) is 0 Å². The van der Waals surface area contributed by atoms with Crippen molar-refractivity contribution < 1.29 is 9.15 Å². The monoisotopic (exact) mass is 267 g/mol. The van der Waals surface area contributed by atoms with Gasteiger partial charge in [-0.25, -0.2) is 0 Å². The molecule has 0 bridgehead atoms. The number of hydrogen-bond donors (Lipinski definition) is 1. The average Bonchev–Trinajstić information content (AvgIpc) is 2.80. The van der Waals surface area contributed by atoms with Gasteiger partial charge in [0.15, 0.2) is 0 Å². The molecular formula is C12H14ClN3O2. The Balaban J connectivity index is 2.28. The maximum Gasteiger partial charge on any atom is 0.247 e. The molecule has 2 aromatic rings. The fraction of sp³-hybridized carbons (Fsp3) is 0.333. The summed E-state index contributed by atoms with van der Waals surface area (Å²) < 4.78 is 10.9. The Morgan fingerprint density at radius 2 is 2.17 bits per heavy atom. The second-order valence-electron chi connectivity index (χ2n) is 4.02. The molecule has 0 atom stereocenters. The molecule has 6 heteroatoms. The van der Waals surface area contributed by atoms with Gasteiger partial charge in [-0.1, -0.05) is 11.6 Å². The molecule has 1 aromatic heterocycles. The van der Waals surface area contributed by atoms with Crippen LogP contribution in [0.5, 0.6) is 5.75 Å². The number of nitrogens with two attached hydrogens (primary N) is 1. The van der Waals surface area contributed by atoms with Crippen LogP contribution in [0.15, 0.2) is 22.6 Å². The van der Waals surface area contributed by atoms with Crippen molar-refractivity contribution in [3.05, 3.63) is 29.1 Å². The standard InChI is InChI=1S/C12H14ClN3O2/c1-7(2)17-10-4-3-8(5-9(10)13)12-16-15-11(6-14)18-12/h3-5,7H,6,14H2,1-2H3. The highest BCUT2D eigenvalue weighted by atomic mass is 35.5. The van der Waals surface area contributed by atoms with Crippen LogP contribution in [0.4, 0.5) is 0 Å². The maximum absolute atomic E-state index is 6.12. The van der Waals surface area contributed by atoms with Crippen molar-refractivity contribution >= 4 is 11.6 Å². The van der Waals surface area contributed by atoms with E-state index >= 15 is 0 Å². The SMILES string of the molecule is CC(C)Oc1ccc(-c2nnc(CN)o2)cc1Cl. The van der Waals surface area contributed by atoms with Gasteiger partial charge in [0.2, 0.25) is 11.8 Å². The second kappa shape index (κ2) is 5.37. The van der Waals surface area contributed by atoms with Gasteiger partial charge in [0.05, 0.1) is 17.7 Å². The van der Waals surface area contributed by atoms with Gasteiger partial charge in [0.1, 0.15) is 5.75 Å². The molecule has 2 N–H and O–H groups in total. The zero-order valence-electron chi connectivity index (χ0n) is 10.2. The van der Waals surface area contributed by atoms with Crippen LogP contribution in [0.3, 0.4) is 0 Å². The van der Waals surface area contributed by atoms with Gasteiger partial charge >= 0.3 is 0 Å². The molecule has 0 aliphatic heterocycles. The van der Waals surface area contributed by atoms with Crippen molar-refractivity contribution in [3.63, 3.8) is 0 Å². The topological polar surface area (TPSA) is 74.2 Å². The van der Waals surface area contributed by atoms with E-state index in [-0.39, 0.29) is 12.6 Å². The maximum atomic E-state index is 6.12. The third-order valence-corrected chi connectivity index (χ3v) is 2.48. The van der Waals surface area contributed by atoms with Gasteiger partial charge < -0.3 is 14.9 Å². The van der Waals surface area contributed by atoms with Crippen molar-refractivity contribution in [3.8, 4) is 17.2 Å². The number of ether oxygens (including phenoxy) is 1. The number of nitrogens with zero attached hydrogens (tertiary/aromatic N) is 2. The number of aromatic nitrogens is 2. The Morgan fingerprint density at radius 1 is 1.39 bits per heavy atom. The molecule has 1 aromatic carbocycles. The summed E-state index contributed by atoms with van der Waals surface area (Å²) in [7, 11) is 0. The molecule has 0 aliphatic carbocycles. The minimum Gasteiger partial charge on any atom is -0.489 e. The van der Waals surface area contributed by atoms with Crippen molar-refractivity contribution in [1.29, 1.82) is 0 Å². The van der Waals surface area contributed by atoms with E-state index in [0.29, 0.717) is 22.6 Å². The second-order valence-corrected chi connectivity index (χ2v) is 4.42. The van der Waals surface area contributed by atoms with Crippen molar-refractivity contribution in [2.75, 3.05) is 0 Å². The first kappa shape index (κ1) is 12.9. The zero-order chi connectivity index (χ0) is 13.1. The highest BCUT2D eigenvalue weighted by molar-refractivity contribution is 6.32. The minimum atomic E-state index is 0.0700. The summed E-state index contributed by atoms with van der Waals surface area (Å²) in [4.78, 5) is 0. The predicted octanol–water partition coefficient (Wildman–Crippen LogP) is 2.64. The van der Waals surface area contributed by atoms with Crippen molar-refractivity contribution in [1.82, 2.24) is 10.2 Å². The Morgan fingerprint density at radius 3 is 2.72 bits per heavy atom. The molecule has 96 valence electrons. The van der Waals surface area contributed by atoms with E-state index in [1.807, 2.05) is 19.9 Å². The van der Waals surface area contributed by atoms with E-state index in [4.69, 9.17) is 26.5 Å². The smallest absolute Gasteiger partial charge is 0.247 e. The Hall–Kier alpha value is -1.59. The van der Waals surface area contributed by atoms with Gasteiger partial charge in [-0.2, -0.15) is 0 Å². The van der Waals surface area contributed by atoms with Gasteiger partial charge in [0, 0.05) is 5.56 Å². The molecule has 1 heterocycles. The van der Waals surface area contributed by atoms with Crippen LogP contribution in [0.2, 0.25) is 5.02 Å². The zero-order valence-corrected chi connectivity index (χ0v) is 10.9. The van der Waals surface area contributed by atoms with E-state index < -0.39 is 0 Å². The van der Waals surface area contributed by atoms with Gasteiger partial charge in [0.25, 0.3) is 0 Å². The summed E-state index contributed by atoms with van der Waals surface area (Å²) in [5.41, 5.74) is 6.15. The number of hydrogen-bond acceptors (Lipinski definition) is 5. The van der Waals surface area contributed by atoms with Crippen LogP contribution in [0, 0.1) is 0 Å². The summed E-state index contributed by atoms with van der Waals surface area (Å²) in [5.74, 6) is 1.42. The third kappa shape index (κ3) is 2.80. The summed E-state index contributed by atoms with van der Waals surface area (Å²) in [6, 6.07) is 5.33. The Bertz CT molecular complexity index is 540. The van der Waals surface area contributed by atoms with E-state index in [1.54, 1.807) is 12.1 Å². The number of rotatable bonds is 4. The first-order valence-electron chi connectivity index (χ1n) is 5.59. The molecule has 2 rings (SSSR count). The van der Waals surface area contributed by atoms with Crippen molar-refractivity contribution in [2.24, 2.45) is 5.73 Å². The van der Waals surface area contributed by atoms with Crippen LogP contribution in [-0.2, 0) is 6.54 Å². The molecular weight excluding hydrogens is 254 g/mol. The Labute approximate surface area is 110 Å². The highest BCUT2D eigenvalue weighted by Crippen LogP contribution is 2.30. The summed E-state index contributed by atoms with van der Waals surface area (Å²) >= 11 is 6.12. The molecule has 5 nitrogen and oxygen atoms in total. The molecule has 0 spiro atoms. The highest BCUT2D eigenvalue weighted by Gasteiger charge is 2.11. The lowest BCUT2D eigenvalue weighted by Gasteiger charge is -2.11. The molecule has 18 heavy (non-hydrogen) atoms. The van der Waals surface area contributed by atoms with E-state index in [1.165, 1.54) is 0 Å². The van der Waals surface area contributed by atoms with Crippen LogP contribution in [0.25, 0.3) is 11.5 Å². The minimum absolute atomic E-state index is 0.0700. The van der Waals surface area contributed by atoms with Crippen LogP contribution < -0.4 is 10.5 Å². The normalized spacial score (nSPS) is 10.9. The molecule has 0 aliphatic rings. The molecule has 0 amide bonds. The van der Waals surface area contributed by atoms with Gasteiger partial charge in [-0.3, -0.25) is 0 Å². The van der Waals surface area contributed by atoms with E-state index in [0.717, 1.165) is 5.56 Å². The van der Waals surface area contributed by atoms with Gasteiger partial charge in [-0.05, 0) is 32.0 Å². The van der Waals surface area contributed by atoms with Crippen LogP contribution in [0.1, 0.15) is 19.7 Å². The predicted molar refractivity (Wildman–Crippen MR) is 68.4 cm³/mol. The fourth-order valence-electron chi connectivity index (χ4n) is 1.44. The average molecular weight is 268 g/mol. The number of benzene rings is 1. The summed E-state index contributed by atoms with van der Waals surface area (Å²) in [6.07, 6.45) is 0.0700. The molecule has 0 saturated heterocycles. The van der Waals surface area contributed by atoms with Gasteiger partial charge in [-0.15, -0.1) is 10.2 Å². The largest absolute Gasteiger partial charge is 0.489 e. The summed E-state index contributed by atoms with van der Waals surface area (Å²) in [5, 5.41) is 8.20. The molecule has 0 fully saturated rings. The van der Waals surface area contributed by atoms with Crippen LogP contribution in [-0.4, -0.2) is 16.3 Å². The first-order chi connectivity index (χ1) is 8.60.